The molecular weight excluding hydrogens is 435 g/mol. The fourth-order valence-corrected chi connectivity index (χ4v) is 3.49. The van der Waals surface area contributed by atoms with Crippen LogP contribution < -0.4 is 4.74 Å². The number of hydrogen-bond donors (Lipinski definition) is 0. The van der Waals surface area contributed by atoms with Crippen LogP contribution >= 0.6 is 0 Å². The molecule has 0 radical (unpaired) electrons. The fourth-order valence-electron chi connectivity index (χ4n) is 3.49. The molecule has 6 nitrogen and oxygen atoms in total. The Morgan fingerprint density at radius 2 is 1.85 bits per heavy atom. The number of carbonyl (C=O) groups excluding carboxylic acids is 1. The molecular formula is C24H26F3N3O3. The molecule has 0 fully saturated rings. The van der Waals surface area contributed by atoms with Gasteiger partial charge in [0.1, 0.15) is 11.4 Å². The summed E-state index contributed by atoms with van der Waals surface area (Å²) in [5, 5.41) is 0. The third-order valence-corrected chi connectivity index (χ3v) is 4.83. The van der Waals surface area contributed by atoms with Gasteiger partial charge in [-0.15, -0.1) is 13.2 Å². The summed E-state index contributed by atoms with van der Waals surface area (Å²) in [5.41, 5.74) is 3.80. The van der Waals surface area contributed by atoms with Crippen LogP contribution in [-0.2, 0) is 18.3 Å². The molecule has 0 aliphatic carbocycles. The number of ether oxygens (including phenoxy) is 2. The number of rotatable bonds is 5. The van der Waals surface area contributed by atoms with Crippen LogP contribution in [0.2, 0.25) is 0 Å². The highest BCUT2D eigenvalue weighted by atomic mass is 19.4. The zero-order valence-electron chi connectivity index (χ0n) is 19.2. The Labute approximate surface area is 190 Å². The lowest BCUT2D eigenvalue weighted by atomic mass is 9.96. The number of carbonyl (C=O) groups is 1. The minimum Gasteiger partial charge on any atom is -0.444 e. The van der Waals surface area contributed by atoms with E-state index in [1.54, 1.807) is 52.4 Å². The monoisotopic (exact) mass is 461 g/mol. The van der Waals surface area contributed by atoms with Crippen LogP contribution in [0.25, 0.3) is 28.2 Å². The van der Waals surface area contributed by atoms with Crippen molar-refractivity contribution >= 4 is 23.2 Å². The standard InChI is InChI=1S/C24H26F3N3O3/c1-7-18-16(13-29(5)22(31)33-23(2,3)4)12-19(20-21(18)30(6)14-28-20)15-8-10-17(11-9-15)32-24(25,26)27/h7-12,14H,1,13H2,2-6H3. The van der Waals surface area contributed by atoms with Gasteiger partial charge in [0.15, 0.2) is 0 Å². The number of amides is 1. The first-order valence-electron chi connectivity index (χ1n) is 10.2. The molecule has 0 aliphatic rings. The van der Waals surface area contributed by atoms with E-state index < -0.39 is 18.1 Å². The second-order valence-electron chi connectivity index (χ2n) is 8.66. The van der Waals surface area contributed by atoms with Crippen LogP contribution in [0.4, 0.5) is 18.0 Å². The molecule has 0 N–H and O–H groups in total. The predicted molar refractivity (Wildman–Crippen MR) is 121 cm³/mol. The van der Waals surface area contributed by atoms with E-state index in [-0.39, 0.29) is 12.3 Å². The average molecular weight is 461 g/mol. The second-order valence-corrected chi connectivity index (χ2v) is 8.66. The maximum Gasteiger partial charge on any atom is 0.573 e. The quantitative estimate of drug-likeness (QED) is 0.457. The number of fused-ring (bicyclic) bond motifs is 1. The molecule has 176 valence electrons. The Morgan fingerprint density at radius 1 is 1.21 bits per heavy atom. The molecule has 1 heterocycles. The van der Waals surface area contributed by atoms with Crippen LogP contribution in [0.15, 0.2) is 43.2 Å². The minimum atomic E-state index is -4.76. The number of benzene rings is 2. The number of aromatic nitrogens is 2. The lowest BCUT2D eigenvalue weighted by Crippen LogP contribution is -2.34. The molecule has 9 heteroatoms. The van der Waals surface area contributed by atoms with E-state index in [1.165, 1.54) is 17.0 Å². The zero-order chi connectivity index (χ0) is 24.6. The molecule has 33 heavy (non-hydrogen) atoms. The molecule has 0 saturated heterocycles. The highest BCUT2D eigenvalue weighted by Crippen LogP contribution is 2.35. The summed E-state index contributed by atoms with van der Waals surface area (Å²) >= 11 is 0. The van der Waals surface area contributed by atoms with Gasteiger partial charge in [0, 0.05) is 31.8 Å². The van der Waals surface area contributed by atoms with Crippen molar-refractivity contribution in [3.05, 3.63) is 54.4 Å². The molecule has 1 amide bonds. The molecule has 0 saturated carbocycles. The van der Waals surface area contributed by atoms with E-state index >= 15 is 0 Å². The number of aryl methyl sites for hydroxylation is 1. The number of alkyl halides is 3. The van der Waals surface area contributed by atoms with Crippen LogP contribution in [0.1, 0.15) is 31.9 Å². The smallest absolute Gasteiger partial charge is 0.444 e. The first-order valence-corrected chi connectivity index (χ1v) is 10.2. The number of imidazole rings is 1. The molecule has 0 unspecified atom stereocenters. The van der Waals surface area contributed by atoms with Crippen molar-refractivity contribution in [1.29, 1.82) is 0 Å². The zero-order valence-corrected chi connectivity index (χ0v) is 19.2. The van der Waals surface area contributed by atoms with Gasteiger partial charge in [-0.1, -0.05) is 24.8 Å². The van der Waals surface area contributed by atoms with E-state index in [1.807, 2.05) is 17.7 Å². The molecule has 2 aromatic carbocycles. The summed E-state index contributed by atoms with van der Waals surface area (Å²) in [6.45, 7) is 9.53. The highest BCUT2D eigenvalue weighted by molar-refractivity contribution is 5.98. The summed E-state index contributed by atoms with van der Waals surface area (Å²) in [6, 6.07) is 7.46. The summed E-state index contributed by atoms with van der Waals surface area (Å²) in [4.78, 5) is 18.4. The lowest BCUT2D eigenvalue weighted by molar-refractivity contribution is -0.274. The van der Waals surface area contributed by atoms with Gasteiger partial charge < -0.3 is 18.9 Å². The minimum absolute atomic E-state index is 0.236. The van der Waals surface area contributed by atoms with Gasteiger partial charge in [-0.05, 0) is 50.1 Å². The SMILES string of the molecule is C=Cc1c(CN(C)C(=O)OC(C)(C)C)cc(-c2ccc(OC(F)(F)F)cc2)c2ncn(C)c12. The van der Waals surface area contributed by atoms with Crippen molar-refractivity contribution in [1.82, 2.24) is 14.5 Å². The van der Waals surface area contributed by atoms with Crippen molar-refractivity contribution in [2.45, 2.75) is 39.3 Å². The van der Waals surface area contributed by atoms with Crippen LogP contribution in [0.5, 0.6) is 5.75 Å². The van der Waals surface area contributed by atoms with Crippen LogP contribution in [0.3, 0.4) is 0 Å². The second kappa shape index (κ2) is 8.80. The molecule has 1 aromatic heterocycles. The van der Waals surface area contributed by atoms with Gasteiger partial charge in [0.05, 0.1) is 17.4 Å². The average Bonchev–Trinajstić information content (AvgIpc) is 3.07. The van der Waals surface area contributed by atoms with Gasteiger partial charge in [-0.25, -0.2) is 9.78 Å². The molecule has 0 bridgehead atoms. The Balaban J connectivity index is 2.06. The van der Waals surface area contributed by atoms with E-state index in [0.717, 1.165) is 16.6 Å². The van der Waals surface area contributed by atoms with E-state index in [4.69, 9.17) is 4.74 Å². The Bertz CT molecular complexity index is 1180. The predicted octanol–water partition coefficient (Wildman–Crippen LogP) is 6.15. The van der Waals surface area contributed by atoms with Gasteiger partial charge >= 0.3 is 12.5 Å². The van der Waals surface area contributed by atoms with Gasteiger partial charge in [0.2, 0.25) is 0 Å². The third-order valence-electron chi connectivity index (χ3n) is 4.83. The molecule has 3 aromatic rings. The maximum atomic E-state index is 12.5. The van der Waals surface area contributed by atoms with Gasteiger partial charge in [0.25, 0.3) is 0 Å². The van der Waals surface area contributed by atoms with Crippen molar-refractivity contribution in [3.63, 3.8) is 0 Å². The van der Waals surface area contributed by atoms with E-state index in [0.29, 0.717) is 16.6 Å². The summed E-state index contributed by atoms with van der Waals surface area (Å²) in [6.07, 6.45) is -1.88. The summed E-state index contributed by atoms with van der Waals surface area (Å²) in [5.74, 6) is -0.309. The normalized spacial score (nSPS) is 12.0. The fraction of sp³-hybridized carbons (Fsp3) is 0.333. The molecule has 0 spiro atoms. The first kappa shape index (κ1) is 24.2. The largest absolute Gasteiger partial charge is 0.573 e. The summed E-state index contributed by atoms with van der Waals surface area (Å²) < 4.78 is 48.8. The van der Waals surface area contributed by atoms with Crippen LogP contribution in [-0.4, -0.2) is 39.6 Å². The molecule has 3 rings (SSSR count). The topological polar surface area (TPSA) is 56.6 Å². The van der Waals surface area contributed by atoms with Crippen molar-refractivity contribution < 1.29 is 27.4 Å². The Morgan fingerprint density at radius 3 is 2.39 bits per heavy atom. The molecule has 0 atom stereocenters. The number of hydrogen-bond acceptors (Lipinski definition) is 4. The van der Waals surface area contributed by atoms with E-state index in [9.17, 15) is 18.0 Å². The van der Waals surface area contributed by atoms with Crippen molar-refractivity contribution in [2.75, 3.05) is 7.05 Å². The maximum absolute atomic E-state index is 12.5. The third kappa shape index (κ3) is 5.66. The summed E-state index contributed by atoms with van der Waals surface area (Å²) in [7, 11) is 3.48. The van der Waals surface area contributed by atoms with Gasteiger partial charge in [-0.2, -0.15) is 0 Å². The Hall–Kier alpha value is -3.49. The first-order chi connectivity index (χ1) is 15.3. The van der Waals surface area contributed by atoms with E-state index in [2.05, 4.69) is 16.3 Å². The molecule has 0 aliphatic heterocycles. The highest BCUT2D eigenvalue weighted by Gasteiger charge is 2.31. The van der Waals surface area contributed by atoms with Gasteiger partial charge in [-0.3, -0.25) is 0 Å². The number of nitrogens with zero attached hydrogens (tertiary/aromatic N) is 3. The lowest BCUT2D eigenvalue weighted by Gasteiger charge is -2.25. The number of halogens is 3. The van der Waals surface area contributed by atoms with Crippen molar-refractivity contribution in [3.8, 4) is 16.9 Å². The Kier molecular flexibility index (Phi) is 6.44. The van der Waals surface area contributed by atoms with Crippen molar-refractivity contribution in [2.24, 2.45) is 7.05 Å². The van der Waals surface area contributed by atoms with Crippen LogP contribution in [0, 0.1) is 0 Å².